The molecule has 0 aromatic heterocycles. The van der Waals surface area contributed by atoms with Gasteiger partial charge in [0, 0.05) is 0 Å². The third-order valence-electron chi connectivity index (χ3n) is 1.13. The largest absolute Gasteiger partial charge is 0.192 e. The molecular weight excluding hydrogens is 231 g/mol. The Hall–Kier alpha value is -1.01. The fourth-order valence-electron chi connectivity index (χ4n) is 0.612. The number of nitrogens with zero attached hydrogens (tertiary/aromatic N) is 4. The van der Waals surface area contributed by atoms with Gasteiger partial charge in [-0.15, -0.1) is 0 Å². The van der Waals surface area contributed by atoms with Crippen LogP contribution in [0.5, 0.6) is 0 Å². The van der Waals surface area contributed by atoms with Crippen LogP contribution in [0.25, 0.3) is 0 Å². The second kappa shape index (κ2) is 4.29. The monoisotopic (exact) mass is 230 g/mol. The standard InChI is InChI=1S/C6Cl2N4S/c7-5-4(3(1-9)2-10)6(8)12-13-11-5. The van der Waals surface area contributed by atoms with Crippen LogP contribution in [-0.4, -0.2) is 10.3 Å². The maximum Gasteiger partial charge on any atom is 0.151 e. The van der Waals surface area contributed by atoms with Crippen LogP contribution in [0.4, 0.5) is 0 Å². The van der Waals surface area contributed by atoms with Gasteiger partial charge >= 0.3 is 0 Å². The Morgan fingerprint density at radius 2 is 1.62 bits per heavy atom. The molecule has 0 bridgehead atoms. The zero-order chi connectivity index (χ0) is 9.84. The minimum atomic E-state index is -0.192. The van der Waals surface area contributed by atoms with Crippen molar-refractivity contribution < 1.29 is 0 Å². The fraction of sp³-hybridized carbons (Fsp3) is 0. The molecule has 4 nitrogen and oxygen atoms in total. The van der Waals surface area contributed by atoms with Crippen molar-refractivity contribution in [1.29, 1.82) is 10.5 Å². The number of hydrogen-bond donors (Lipinski definition) is 0. The Labute approximate surface area is 88.4 Å². The number of allylic oxidation sites excluding steroid dienone is 2. The van der Waals surface area contributed by atoms with Gasteiger partial charge in [-0.1, -0.05) is 23.2 Å². The Balaban J connectivity index is 3.32. The van der Waals surface area contributed by atoms with Crippen LogP contribution in [0.15, 0.2) is 19.9 Å². The van der Waals surface area contributed by atoms with Crippen LogP contribution in [0.1, 0.15) is 0 Å². The van der Waals surface area contributed by atoms with Crippen molar-refractivity contribution in [3.8, 4) is 12.1 Å². The summed E-state index contributed by atoms with van der Waals surface area (Å²) in [6.07, 6.45) is 0. The van der Waals surface area contributed by atoms with E-state index >= 15 is 0 Å². The van der Waals surface area contributed by atoms with Crippen LogP contribution in [0.3, 0.4) is 0 Å². The highest BCUT2D eigenvalue weighted by atomic mass is 35.5. The molecule has 0 aliphatic carbocycles. The average molecular weight is 231 g/mol. The first-order valence-corrected chi connectivity index (χ1v) is 4.37. The van der Waals surface area contributed by atoms with Crippen LogP contribution < -0.4 is 0 Å². The van der Waals surface area contributed by atoms with E-state index in [4.69, 9.17) is 33.7 Å². The third-order valence-corrected chi connectivity index (χ3v) is 2.40. The molecule has 0 aromatic rings. The fourth-order valence-corrected chi connectivity index (χ4v) is 1.58. The summed E-state index contributed by atoms with van der Waals surface area (Å²) in [5, 5.41) is 17.1. The molecule has 0 radical (unpaired) electrons. The molecule has 7 heteroatoms. The zero-order valence-electron chi connectivity index (χ0n) is 5.95. The van der Waals surface area contributed by atoms with Crippen LogP contribution >= 0.6 is 35.3 Å². The summed E-state index contributed by atoms with van der Waals surface area (Å²) >= 11 is 12.1. The van der Waals surface area contributed by atoms with E-state index < -0.39 is 0 Å². The normalized spacial score (nSPS) is 15.2. The molecule has 0 fully saturated rings. The molecule has 0 spiro atoms. The second-order valence-corrected chi connectivity index (χ2v) is 3.06. The summed E-state index contributed by atoms with van der Waals surface area (Å²) in [6.45, 7) is 0. The Morgan fingerprint density at radius 1 is 1.15 bits per heavy atom. The van der Waals surface area contributed by atoms with E-state index in [-0.39, 0.29) is 21.5 Å². The van der Waals surface area contributed by atoms with Crippen molar-refractivity contribution in [2.24, 2.45) is 8.80 Å². The minimum Gasteiger partial charge on any atom is -0.192 e. The quantitative estimate of drug-likeness (QED) is 0.473. The molecule has 0 amide bonds. The lowest BCUT2D eigenvalue weighted by Gasteiger charge is -2.05. The van der Waals surface area contributed by atoms with Crippen LogP contribution in [0.2, 0.25) is 0 Å². The molecule has 64 valence electrons. The van der Waals surface area contributed by atoms with E-state index in [2.05, 4.69) is 8.80 Å². The third kappa shape index (κ3) is 2.02. The first kappa shape index (κ1) is 10.1. The summed E-state index contributed by atoms with van der Waals surface area (Å²) in [6, 6.07) is 3.32. The molecule has 1 rings (SSSR count). The van der Waals surface area contributed by atoms with Gasteiger partial charge in [0.25, 0.3) is 0 Å². The number of hydrogen-bond acceptors (Lipinski definition) is 5. The van der Waals surface area contributed by atoms with Gasteiger partial charge in [0.15, 0.2) is 10.3 Å². The summed E-state index contributed by atoms with van der Waals surface area (Å²) in [5.41, 5.74) is -0.102. The maximum absolute atomic E-state index is 8.55. The number of nitriles is 2. The van der Waals surface area contributed by atoms with Gasteiger partial charge in [0.1, 0.15) is 29.8 Å². The smallest absolute Gasteiger partial charge is 0.151 e. The molecular formula is C6Cl2N4S. The van der Waals surface area contributed by atoms with Crippen molar-refractivity contribution in [2.45, 2.75) is 0 Å². The number of rotatable bonds is 0. The molecule has 1 aliphatic heterocycles. The van der Waals surface area contributed by atoms with Crippen LogP contribution in [0, 0.1) is 22.7 Å². The molecule has 0 aromatic carbocycles. The molecule has 0 saturated carbocycles. The van der Waals surface area contributed by atoms with Gasteiger partial charge in [-0.2, -0.15) is 19.3 Å². The summed E-state index contributed by atoms with van der Waals surface area (Å²) in [4.78, 5) is 0. The highest BCUT2D eigenvalue weighted by Gasteiger charge is 2.20. The first-order chi connectivity index (χ1) is 6.20. The average Bonchev–Trinajstić information content (AvgIpc) is 2.11. The first-order valence-electron chi connectivity index (χ1n) is 2.89. The van der Waals surface area contributed by atoms with Gasteiger partial charge in [0.2, 0.25) is 0 Å². The lowest BCUT2D eigenvalue weighted by molar-refractivity contribution is 1.46. The van der Waals surface area contributed by atoms with Gasteiger partial charge in [0.05, 0.1) is 5.57 Å². The lowest BCUT2D eigenvalue weighted by Crippen LogP contribution is -2.07. The van der Waals surface area contributed by atoms with Gasteiger partial charge in [-0.3, -0.25) is 0 Å². The van der Waals surface area contributed by atoms with Crippen LogP contribution in [-0.2, 0) is 0 Å². The molecule has 0 unspecified atom stereocenters. The molecule has 1 aliphatic rings. The maximum atomic E-state index is 8.55. The SMILES string of the molecule is N#CC(C#N)=C1C(Cl)=NSN=C1Cl. The van der Waals surface area contributed by atoms with E-state index in [0.717, 1.165) is 12.1 Å². The van der Waals surface area contributed by atoms with Gasteiger partial charge in [-0.05, 0) is 0 Å². The summed E-state index contributed by atoms with van der Waals surface area (Å²) in [5.74, 6) is 0. The van der Waals surface area contributed by atoms with Crippen molar-refractivity contribution >= 4 is 45.7 Å². The molecule has 1 heterocycles. The van der Waals surface area contributed by atoms with Crippen molar-refractivity contribution in [3.05, 3.63) is 11.1 Å². The summed E-state index contributed by atoms with van der Waals surface area (Å²) < 4.78 is 7.29. The minimum absolute atomic E-state index is 0.0168. The highest BCUT2D eigenvalue weighted by molar-refractivity contribution is 7.97. The van der Waals surface area contributed by atoms with E-state index in [0.29, 0.717) is 0 Å². The van der Waals surface area contributed by atoms with Crippen molar-refractivity contribution in [3.63, 3.8) is 0 Å². The predicted octanol–water partition coefficient (Wildman–Crippen LogP) is 2.18. The highest BCUT2D eigenvalue weighted by Crippen LogP contribution is 2.24. The van der Waals surface area contributed by atoms with E-state index in [1.165, 1.54) is 0 Å². The summed E-state index contributed by atoms with van der Waals surface area (Å²) in [7, 11) is 0. The van der Waals surface area contributed by atoms with Gasteiger partial charge in [-0.25, -0.2) is 0 Å². The Morgan fingerprint density at radius 3 is 2.00 bits per heavy atom. The zero-order valence-corrected chi connectivity index (χ0v) is 8.28. The topological polar surface area (TPSA) is 72.3 Å². The molecule has 0 saturated heterocycles. The Kier molecular flexibility index (Phi) is 3.32. The molecule has 13 heavy (non-hydrogen) atoms. The van der Waals surface area contributed by atoms with E-state index in [1.807, 2.05) is 0 Å². The molecule has 0 N–H and O–H groups in total. The van der Waals surface area contributed by atoms with Crippen molar-refractivity contribution in [1.82, 2.24) is 0 Å². The number of halogens is 2. The van der Waals surface area contributed by atoms with Gasteiger partial charge < -0.3 is 0 Å². The Bertz CT molecular complexity index is 373. The lowest BCUT2D eigenvalue weighted by atomic mass is 10.1. The van der Waals surface area contributed by atoms with Crippen molar-refractivity contribution in [2.75, 3.05) is 0 Å². The van der Waals surface area contributed by atoms with E-state index in [1.54, 1.807) is 12.1 Å². The molecule has 0 atom stereocenters. The second-order valence-electron chi connectivity index (χ2n) is 1.82. The predicted molar refractivity (Wildman–Crippen MR) is 52.4 cm³/mol. The van der Waals surface area contributed by atoms with E-state index in [9.17, 15) is 0 Å².